The van der Waals surface area contributed by atoms with Crippen molar-refractivity contribution in [3.8, 4) is 0 Å². The molecule has 0 radical (unpaired) electrons. The molecule has 126 valence electrons. The molecule has 1 fully saturated rings. The Hall–Kier alpha value is -2.08. The Morgan fingerprint density at radius 3 is 2.35 bits per heavy atom. The average molecular weight is 319 g/mol. The fourth-order valence-electron chi connectivity index (χ4n) is 2.60. The highest BCUT2D eigenvalue weighted by molar-refractivity contribution is 5.84. The molecule has 1 aliphatic heterocycles. The summed E-state index contributed by atoms with van der Waals surface area (Å²) in [6.45, 7) is 7.47. The molecule has 2 N–H and O–H groups in total. The fraction of sp³-hybridized carbons (Fsp3) is 0.529. The van der Waals surface area contributed by atoms with Crippen molar-refractivity contribution < 1.29 is 14.3 Å². The number of nitrogens with zero attached hydrogens (tertiary/aromatic N) is 1. The number of urea groups is 1. The van der Waals surface area contributed by atoms with Crippen molar-refractivity contribution in [2.24, 2.45) is 0 Å². The van der Waals surface area contributed by atoms with Crippen molar-refractivity contribution >= 4 is 11.9 Å². The second-order valence-electron chi connectivity index (χ2n) is 6.08. The molecule has 1 aliphatic rings. The van der Waals surface area contributed by atoms with Crippen LogP contribution in [0.4, 0.5) is 4.79 Å². The second-order valence-corrected chi connectivity index (χ2v) is 6.08. The molecule has 0 aliphatic carbocycles. The number of carbonyl (C=O) groups excluding carboxylic acids is 2. The van der Waals surface area contributed by atoms with Gasteiger partial charge in [0.15, 0.2) is 0 Å². The van der Waals surface area contributed by atoms with Crippen molar-refractivity contribution in [2.45, 2.75) is 39.5 Å². The minimum absolute atomic E-state index is 0.000822. The number of benzene rings is 1. The zero-order valence-electron chi connectivity index (χ0n) is 14.0. The van der Waals surface area contributed by atoms with Gasteiger partial charge in [-0.2, -0.15) is 0 Å². The van der Waals surface area contributed by atoms with E-state index in [-0.39, 0.29) is 30.7 Å². The first-order valence-corrected chi connectivity index (χ1v) is 7.94. The summed E-state index contributed by atoms with van der Waals surface area (Å²) < 4.78 is 5.59. The van der Waals surface area contributed by atoms with E-state index < -0.39 is 0 Å². The standard InChI is InChI=1S/C17H25N3O3/c1-12-4-6-15(7-5-12)8-18-17(22)19-9-16(21)20-10-13(2)23-14(3)11-20/h4-7,13-14H,8-11H2,1-3H3,(H2,18,19,22)/t13-,14-/m1/s1. The zero-order valence-corrected chi connectivity index (χ0v) is 14.0. The summed E-state index contributed by atoms with van der Waals surface area (Å²) in [5.41, 5.74) is 2.20. The van der Waals surface area contributed by atoms with Gasteiger partial charge in [0.1, 0.15) is 0 Å². The van der Waals surface area contributed by atoms with Crippen LogP contribution in [0.2, 0.25) is 0 Å². The molecule has 1 heterocycles. The van der Waals surface area contributed by atoms with Gasteiger partial charge in [0, 0.05) is 19.6 Å². The van der Waals surface area contributed by atoms with E-state index in [1.807, 2.05) is 45.0 Å². The SMILES string of the molecule is Cc1ccc(CNC(=O)NCC(=O)N2C[C@@H](C)O[C@H](C)C2)cc1. The monoisotopic (exact) mass is 319 g/mol. The van der Waals surface area contributed by atoms with Gasteiger partial charge in [-0.1, -0.05) is 29.8 Å². The molecule has 6 heteroatoms. The van der Waals surface area contributed by atoms with Crippen LogP contribution in [0, 0.1) is 6.92 Å². The van der Waals surface area contributed by atoms with E-state index in [1.165, 1.54) is 5.56 Å². The molecular formula is C17H25N3O3. The van der Waals surface area contributed by atoms with E-state index in [0.29, 0.717) is 19.6 Å². The number of ether oxygens (including phenoxy) is 1. The maximum Gasteiger partial charge on any atom is 0.315 e. The molecule has 1 aromatic carbocycles. The van der Waals surface area contributed by atoms with Gasteiger partial charge in [0.25, 0.3) is 0 Å². The number of rotatable bonds is 4. The van der Waals surface area contributed by atoms with E-state index in [9.17, 15) is 9.59 Å². The number of amides is 3. The lowest BCUT2D eigenvalue weighted by molar-refractivity contribution is -0.142. The third-order valence-electron chi connectivity index (χ3n) is 3.75. The van der Waals surface area contributed by atoms with Crippen LogP contribution in [0.3, 0.4) is 0 Å². The van der Waals surface area contributed by atoms with Gasteiger partial charge < -0.3 is 20.3 Å². The van der Waals surface area contributed by atoms with Crippen LogP contribution in [-0.4, -0.2) is 48.7 Å². The van der Waals surface area contributed by atoms with Crippen LogP contribution in [0.1, 0.15) is 25.0 Å². The van der Waals surface area contributed by atoms with Crippen molar-refractivity contribution in [3.05, 3.63) is 35.4 Å². The predicted molar refractivity (Wildman–Crippen MR) is 88.0 cm³/mol. The van der Waals surface area contributed by atoms with E-state index in [4.69, 9.17) is 4.74 Å². The summed E-state index contributed by atoms with van der Waals surface area (Å²) in [6.07, 6.45) is 0.0520. The minimum atomic E-state index is -0.340. The number of morpholine rings is 1. The summed E-state index contributed by atoms with van der Waals surface area (Å²) >= 11 is 0. The van der Waals surface area contributed by atoms with E-state index in [2.05, 4.69) is 10.6 Å². The fourth-order valence-corrected chi connectivity index (χ4v) is 2.60. The quantitative estimate of drug-likeness (QED) is 0.882. The summed E-state index contributed by atoms with van der Waals surface area (Å²) in [5, 5.41) is 5.36. The second kappa shape index (κ2) is 7.97. The normalized spacial score (nSPS) is 20.9. The van der Waals surface area contributed by atoms with Crippen molar-refractivity contribution in [2.75, 3.05) is 19.6 Å². The lowest BCUT2D eigenvalue weighted by Gasteiger charge is -2.35. The van der Waals surface area contributed by atoms with Crippen LogP contribution in [0.25, 0.3) is 0 Å². The summed E-state index contributed by atoms with van der Waals surface area (Å²) in [5.74, 6) is -0.0857. The number of aryl methyl sites for hydroxylation is 1. The van der Waals surface area contributed by atoms with Gasteiger partial charge in [0.2, 0.25) is 5.91 Å². The summed E-state index contributed by atoms with van der Waals surface area (Å²) in [6, 6.07) is 7.60. The predicted octanol–water partition coefficient (Wildman–Crippen LogP) is 1.43. The molecule has 2 rings (SSSR count). The smallest absolute Gasteiger partial charge is 0.315 e. The Bertz CT molecular complexity index is 535. The van der Waals surface area contributed by atoms with Gasteiger partial charge in [-0.15, -0.1) is 0 Å². The van der Waals surface area contributed by atoms with Crippen molar-refractivity contribution in [1.29, 1.82) is 0 Å². The molecule has 0 unspecified atom stereocenters. The van der Waals surface area contributed by atoms with Crippen LogP contribution in [-0.2, 0) is 16.1 Å². The first kappa shape index (κ1) is 17.3. The topological polar surface area (TPSA) is 70.7 Å². The third-order valence-corrected chi connectivity index (χ3v) is 3.75. The molecule has 1 aromatic rings. The van der Waals surface area contributed by atoms with Gasteiger partial charge in [-0.25, -0.2) is 4.79 Å². The lowest BCUT2D eigenvalue weighted by atomic mass is 10.1. The number of carbonyl (C=O) groups is 2. The van der Waals surface area contributed by atoms with Crippen molar-refractivity contribution in [1.82, 2.24) is 15.5 Å². The highest BCUT2D eigenvalue weighted by Gasteiger charge is 2.25. The summed E-state index contributed by atoms with van der Waals surface area (Å²) in [4.78, 5) is 25.7. The molecular weight excluding hydrogens is 294 g/mol. The Morgan fingerprint density at radius 2 is 1.74 bits per heavy atom. The van der Waals surface area contributed by atoms with Gasteiger partial charge in [-0.05, 0) is 26.3 Å². The Balaban J connectivity index is 1.71. The molecule has 6 nitrogen and oxygen atoms in total. The minimum Gasteiger partial charge on any atom is -0.372 e. The first-order valence-electron chi connectivity index (χ1n) is 7.94. The molecule has 1 saturated heterocycles. The van der Waals surface area contributed by atoms with Crippen LogP contribution in [0.5, 0.6) is 0 Å². The molecule has 0 saturated carbocycles. The zero-order chi connectivity index (χ0) is 16.8. The molecule has 0 aromatic heterocycles. The molecule has 23 heavy (non-hydrogen) atoms. The van der Waals surface area contributed by atoms with Crippen LogP contribution < -0.4 is 10.6 Å². The molecule has 3 amide bonds. The third kappa shape index (κ3) is 5.56. The summed E-state index contributed by atoms with van der Waals surface area (Å²) in [7, 11) is 0. The highest BCUT2D eigenvalue weighted by Crippen LogP contribution is 2.10. The lowest BCUT2D eigenvalue weighted by Crippen LogP contribution is -2.51. The van der Waals surface area contributed by atoms with Crippen molar-refractivity contribution in [3.63, 3.8) is 0 Å². The maximum atomic E-state index is 12.1. The molecule has 0 spiro atoms. The van der Waals surface area contributed by atoms with E-state index >= 15 is 0 Å². The van der Waals surface area contributed by atoms with Crippen LogP contribution in [0.15, 0.2) is 24.3 Å². The highest BCUT2D eigenvalue weighted by atomic mass is 16.5. The van der Waals surface area contributed by atoms with Gasteiger partial charge in [-0.3, -0.25) is 4.79 Å². The largest absolute Gasteiger partial charge is 0.372 e. The maximum absolute atomic E-state index is 12.1. The molecule has 0 bridgehead atoms. The van der Waals surface area contributed by atoms with E-state index in [0.717, 1.165) is 5.56 Å². The Kier molecular flexibility index (Phi) is 5.98. The molecule has 2 atom stereocenters. The Labute approximate surface area is 137 Å². The number of hydrogen-bond donors (Lipinski definition) is 2. The van der Waals surface area contributed by atoms with Crippen LogP contribution >= 0.6 is 0 Å². The first-order chi connectivity index (χ1) is 10.9. The number of nitrogens with one attached hydrogen (secondary N) is 2. The average Bonchev–Trinajstić information content (AvgIpc) is 2.51. The van der Waals surface area contributed by atoms with Gasteiger partial charge in [0.05, 0.1) is 18.8 Å². The Morgan fingerprint density at radius 1 is 1.13 bits per heavy atom. The van der Waals surface area contributed by atoms with Gasteiger partial charge >= 0.3 is 6.03 Å². The number of hydrogen-bond acceptors (Lipinski definition) is 3. The van der Waals surface area contributed by atoms with E-state index in [1.54, 1.807) is 4.90 Å².